The molecule has 2 rings (SSSR count). The van der Waals surface area contributed by atoms with Gasteiger partial charge in [-0.2, -0.15) is 0 Å². The Balaban J connectivity index is 1.99. The molecule has 0 spiro atoms. The molecule has 0 aliphatic heterocycles. The first-order valence-electron chi connectivity index (χ1n) is 7.09. The molecule has 1 aromatic carbocycles. The van der Waals surface area contributed by atoms with Gasteiger partial charge in [-0.1, -0.05) is 6.92 Å². The molecule has 0 saturated carbocycles. The summed E-state index contributed by atoms with van der Waals surface area (Å²) in [6, 6.07) is 6.36. The molecule has 0 radical (unpaired) electrons. The standard InChI is InChI=1S/C16H19FN2OS/c1-3-4-15(20)18-10-9-14-11(2)19-16(21-14)12-5-7-13(17)8-6-12/h5-8H,3-4,9-10H2,1-2H3,(H,18,20). The number of nitrogens with one attached hydrogen (secondary N) is 1. The minimum absolute atomic E-state index is 0.0958. The van der Waals surface area contributed by atoms with Crippen LogP contribution in [-0.2, 0) is 11.2 Å². The van der Waals surface area contributed by atoms with Crippen molar-refractivity contribution in [3.8, 4) is 10.6 Å². The number of carbonyl (C=O) groups excluding carboxylic acids is 1. The number of halogens is 1. The van der Waals surface area contributed by atoms with Gasteiger partial charge in [0.05, 0.1) is 5.69 Å². The van der Waals surface area contributed by atoms with E-state index in [4.69, 9.17) is 0 Å². The maximum atomic E-state index is 12.9. The summed E-state index contributed by atoms with van der Waals surface area (Å²) in [7, 11) is 0. The Bertz CT molecular complexity index is 607. The van der Waals surface area contributed by atoms with Crippen LogP contribution in [0.1, 0.15) is 30.3 Å². The predicted octanol–water partition coefficient (Wildman–Crippen LogP) is 3.72. The van der Waals surface area contributed by atoms with Gasteiger partial charge in [0.25, 0.3) is 0 Å². The minimum atomic E-state index is -0.245. The van der Waals surface area contributed by atoms with Crippen LogP contribution < -0.4 is 5.32 Å². The second kappa shape index (κ2) is 7.31. The minimum Gasteiger partial charge on any atom is -0.356 e. The summed E-state index contributed by atoms with van der Waals surface area (Å²) in [5.41, 5.74) is 1.90. The Hall–Kier alpha value is -1.75. The zero-order valence-electron chi connectivity index (χ0n) is 12.3. The van der Waals surface area contributed by atoms with Gasteiger partial charge in [-0.25, -0.2) is 9.37 Å². The van der Waals surface area contributed by atoms with Gasteiger partial charge >= 0.3 is 0 Å². The quantitative estimate of drug-likeness (QED) is 0.884. The van der Waals surface area contributed by atoms with Crippen molar-refractivity contribution >= 4 is 17.2 Å². The lowest BCUT2D eigenvalue weighted by Gasteiger charge is -2.02. The first-order chi connectivity index (χ1) is 10.1. The number of aryl methyl sites for hydroxylation is 1. The summed E-state index contributed by atoms with van der Waals surface area (Å²) in [5.74, 6) is -0.149. The van der Waals surface area contributed by atoms with Crippen LogP contribution in [0, 0.1) is 12.7 Å². The average molecular weight is 306 g/mol. The smallest absolute Gasteiger partial charge is 0.219 e. The number of carbonyl (C=O) groups is 1. The van der Waals surface area contributed by atoms with E-state index in [-0.39, 0.29) is 11.7 Å². The summed E-state index contributed by atoms with van der Waals surface area (Å²) in [5, 5.41) is 3.80. The number of amides is 1. The van der Waals surface area contributed by atoms with E-state index in [1.165, 1.54) is 12.1 Å². The number of aromatic nitrogens is 1. The zero-order valence-corrected chi connectivity index (χ0v) is 13.1. The van der Waals surface area contributed by atoms with E-state index in [1.54, 1.807) is 23.5 Å². The van der Waals surface area contributed by atoms with Crippen LogP contribution >= 0.6 is 11.3 Å². The molecule has 1 heterocycles. The second-order valence-corrected chi connectivity index (χ2v) is 5.97. The molecule has 0 unspecified atom stereocenters. The van der Waals surface area contributed by atoms with Gasteiger partial charge in [0.1, 0.15) is 10.8 Å². The molecule has 1 amide bonds. The Morgan fingerprint density at radius 1 is 1.33 bits per heavy atom. The molecule has 0 bridgehead atoms. The third-order valence-corrected chi connectivity index (χ3v) is 4.40. The SMILES string of the molecule is CCCC(=O)NCCc1sc(-c2ccc(F)cc2)nc1C. The van der Waals surface area contributed by atoms with Crippen molar-refractivity contribution in [3.63, 3.8) is 0 Å². The number of hydrogen-bond donors (Lipinski definition) is 1. The van der Waals surface area contributed by atoms with E-state index in [1.807, 2.05) is 13.8 Å². The van der Waals surface area contributed by atoms with E-state index in [0.29, 0.717) is 13.0 Å². The number of nitrogens with zero attached hydrogens (tertiary/aromatic N) is 1. The third-order valence-electron chi connectivity index (χ3n) is 3.14. The van der Waals surface area contributed by atoms with Gasteiger partial charge in [-0.3, -0.25) is 4.79 Å². The summed E-state index contributed by atoms with van der Waals surface area (Å²) in [6.07, 6.45) is 2.21. The summed E-state index contributed by atoms with van der Waals surface area (Å²) < 4.78 is 12.9. The lowest BCUT2D eigenvalue weighted by Crippen LogP contribution is -2.25. The monoisotopic (exact) mass is 306 g/mol. The molecule has 112 valence electrons. The first kappa shape index (κ1) is 15.6. The average Bonchev–Trinajstić information content (AvgIpc) is 2.81. The van der Waals surface area contributed by atoms with Gasteiger partial charge in [0.2, 0.25) is 5.91 Å². The van der Waals surface area contributed by atoms with Crippen LogP contribution in [0.5, 0.6) is 0 Å². The van der Waals surface area contributed by atoms with Crippen molar-refractivity contribution < 1.29 is 9.18 Å². The first-order valence-corrected chi connectivity index (χ1v) is 7.90. The summed E-state index contributed by atoms with van der Waals surface area (Å²) in [6.45, 7) is 4.58. The highest BCUT2D eigenvalue weighted by molar-refractivity contribution is 7.15. The Labute approximate surface area is 128 Å². The van der Waals surface area contributed by atoms with Gasteiger partial charge < -0.3 is 5.32 Å². The van der Waals surface area contributed by atoms with Crippen LogP contribution in [0.2, 0.25) is 0 Å². The van der Waals surface area contributed by atoms with E-state index in [0.717, 1.165) is 34.0 Å². The molecule has 1 aromatic heterocycles. The summed E-state index contributed by atoms with van der Waals surface area (Å²) >= 11 is 1.60. The van der Waals surface area contributed by atoms with Gasteiger partial charge in [0, 0.05) is 29.8 Å². The third kappa shape index (κ3) is 4.36. The van der Waals surface area contributed by atoms with Crippen LogP contribution in [0.25, 0.3) is 10.6 Å². The number of hydrogen-bond acceptors (Lipinski definition) is 3. The molecule has 1 N–H and O–H groups in total. The molecular weight excluding hydrogens is 287 g/mol. The maximum absolute atomic E-state index is 12.9. The van der Waals surface area contributed by atoms with Gasteiger partial charge in [-0.15, -0.1) is 11.3 Å². The van der Waals surface area contributed by atoms with E-state index in [2.05, 4.69) is 10.3 Å². The zero-order chi connectivity index (χ0) is 15.2. The Kier molecular flexibility index (Phi) is 5.44. The molecule has 0 aliphatic carbocycles. The normalized spacial score (nSPS) is 10.6. The van der Waals surface area contributed by atoms with Crippen molar-refractivity contribution in [3.05, 3.63) is 40.7 Å². The van der Waals surface area contributed by atoms with Crippen molar-refractivity contribution in [2.45, 2.75) is 33.1 Å². The van der Waals surface area contributed by atoms with Crippen LogP contribution in [0.4, 0.5) is 4.39 Å². The highest BCUT2D eigenvalue weighted by atomic mass is 32.1. The Morgan fingerprint density at radius 3 is 2.71 bits per heavy atom. The Morgan fingerprint density at radius 2 is 2.05 bits per heavy atom. The number of benzene rings is 1. The van der Waals surface area contributed by atoms with Crippen molar-refractivity contribution in [1.82, 2.24) is 10.3 Å². The summed E-state index contributed by atoms with van der Waals surface area (Å²) in [4.78, 5) is 17.1. The molecule has 21 heavy (non-hydrogen) atoms. The molecule has 0 aliphatic rings. The van der Waals surface area contributed by atoms with Crippen molar-refractivity contribution in [2.24, 2.45) is 0 Å². The molecular formula is C16H19FN2OS. The molecule has 0 saturated heterocycles. The molecule has 3 nitrogen and oxygen atoms in total. The second-order valence-electron chi connectivity index (χ2n) is 4.88. The fraction of sp³-hybridized carbons (Fsp3) is 0.375. The largest absolute Gasteiger partial charge is 0.356 e. The highest BCUT2D eigenvalue weighted by Crippen LogP contribution is 2.28. The van der Waals surface area contributed by atoms with Crippen molar-refractivity contribution in [2.75, 3.05) is 6.54 Å². The molecule has 5 heteroatoms. The lowest BCUT2D eigenvalue weighted by atomic mass is 10.2. The highest BCUT2D eigenvalue weighted by Gasteiger charge is 2.10. The van der Waals surface area contributed by atoms with E-state index < -0.39 is 0 Å². The lowest BCUT2D eigenvalue weighted by molar-refractivity contribution is -0.121. The van der Waals surface area contributed by atoms with E-state index in [9.17, 15) is 9.18 Å². The molecule has 0 fully saturated rings. The van der Waals surface area contributed by atoms with Crippen LogP contribution in [0.3, 0.4) is 0 Å². The fourth-order valence-electron chi connectivity index (χ4n) is 2.01. The van der Waals surface area contributed by atoms with Crippen LogP contribution in [0.15, 0.2) is 24.3 Å². The topological polar surface area (TPSA) is 42.0 Å². The predicted molar refractivity (Wildman–Crippen MR) is 83.9 cm³/mol. The van der Waals surface area contributed by atoms with E-state index >= 15 is 0 Å². The number of rotatable bonds is 6. The maximum Gasteiger partial charge on any atom is 0.219 e. The number of thiazole rings is 1. The van der Waals surface area contributed by atoms with Gasteiger partial charge in [0.15, 0.2) is 0 Å². The molecule has 0 atom stereocenters. The van der Waals surface area contributed by atoms with Gasteiger partial charge in [-0.05, 0) is 37.6 Å². The molecule has 2 aromatic rings. The van der Waals surface area contributed by atoms with Crippen molar-refractivity contribution in [1.29, 1.82) is 0 Å². The van der Waals surface area contributed by atoms with Crippen LogP contribution in [-0.4, -0.2) is 17.4 Å². The fourth-order valence-corrected chi connectivity index (χ4v) is 3.07.